The Hall–Kier alpha value is -2.98. The van der Waals surface area contributed by atoms with Gasteiger partial charge in [-0.2, -0.15) is 5.10 Å². The Morgan fingerprint density at radius 1 is 1.32 bits per heavy atom. The summed E-state index contributed by atoms with van der Waals surface area (Å²) in [7, 11) is -3.76. The molecular formula is C17H17ClN4O5S. The van der Waals surface area contributed by atoms with Crippen molar-refractivity contribution in [2.24, 2.45) is 5.10 Å². The van der Waals surface area contributed by atoms with Crippen molar-refractivity contribution in [2.45, 2.75) is 6.92 Å². The minimum Gasteiger partial charge on any atom is -0.271 e. The number of sulfonamides is 1. The van der Waals surface area contributed by atoms with E-state index in [9.17, 15) is 23.3 Å². The number of benzene rings is 2. The molecule has 0 aliphatic rings. The second-order valence-corrected chi connectivity index (χ2v) is 8.11. The molecule has 1 amide bonds. The zero-order valence-electron chi connectivity index (χ0n) is 15.0. The molecule has 2 aromatic rings. The van der Waals surface area contributed by atoms with Crippen molar-refractivity contribution in [1.82, 2.24) is 5.43 Å². The van der Waals surface area contributed by atoms with Crippen molar-refractivity contribution < 1.29 is 18.1 Å². The van der Waals surface area contributed by atoms with Gasteiger partial charge in [0.1, 0.15) is 6.54 Å². The van der Waals surface area contributed by atoms with Gasteiger partial charge in [0.05, 0.1) is 23.1 Å². The molecule has 0 radical (unpaired) electrons. The molecule has 0 aliphatic heterocycles. The highest BCUT2D eigenvalue weighted by atomic mass is 35.5. The maximum atomic E-state index is 12.2. The first-order valence-electron chi connectivity index (χ1n) is 7.89. The number of carbonyl (C=O) groups is 1. The molecule has 0 saturated carbocycles. The molecular weight excluding hydrogens is 408 g/mol. The number of amides is 1. The summed E-state index contributed by atoms with van der Waals surface area (Å²) >= 11 is 6.04. The van der Waals surface area contributed by atoms with E-state index in [1.54, 1.807) is 31.2 Å². The Morgan fingerprint density at radius 2 is 2.00 bits per heavy atom. The van der Waals surface area contributed by atoms with Crippen LogP contribution in [0, 0.1) is 17.0 Å². The van der Waals surface area contributed by atoms with Crippen molar-refractivity contribution in [1.29, 1.82) is 0 Å². The Balaban J connectivity index is 2.14. The number of nitrogens with zero attached hydrogens (tertiary/aromatic N) is 3. The number of nitro groups is 1. The molecule has 2 rings (SSSR count). The van der Waals surface area contributed by atoms with E-state index in [0.717, 1.165) is 10.6 Å². The Bertz CT molecular complexity index is 1040. The van der Waals surface area contributed by atoms with Crippen LogP contribution in [0.3, 0.4) is 0 Å². The summed E-state index contributed by atoms with van der Waals surface area (Å²) in [5.74, 6) is -0.688. The van der Waals surface area contributed by atoms with E-state index >= 15 is 0 Å². The van der Waals surface area contributed by atoms with Gasteiger partial charge in [-0.1, -0.05) is 29.8 Å². The molecule has 11 heteroatoms. The van der Waals surface area contributed by atoms with E-state index in [0.29, 0.717) is 16.1 Å². The summed E-state index contributed by atoms with van der Waals surface area (Å²) in [6.45, 7) is 1.14. The molecule has 28 heavy (non-hydrogen) atoms. The largest absolute Gasteiger partial charge is 0.271 e. The molecule has 0 saturated heterocycles. The number of nitrogens with one attached hydrogen (secondary N) is 1. The molecule has 9 nitrogen and oxygen atoms in total. The highest BCUT2D eigenvalue weighted by molar-refractivity contribution is 7.92. The third-order valence-corrected chi connectivity index (χ3v) is 5.22. The van der Waals surface area contributed by atoms with Gasteiger partial charge in [-0.05, 0) is 24.6 Å². The zero-order valence-corrected chi connectivity index (χ0v) is 16.6. The molecule has 0 heterocycles. The van der Waals surface area contributed by atoms with Crippen molar-refractivity contribution in [3.63, 3.8) is 0 Å². The van der Waals surface area contributed by atoms with Crippen LogP contribution in [0.25, 0.3) is 0 Å². The molecule has 148 valence electrons. The molecule has 0 aromatic heterocycles. The third-order valence-electron chi connectivity index (χ3n) is 3.68. The second-order valence-electron chi connectivity index (χ2n) is 5.80. The van der Waals surface area contributed by atoms with Gasteiger partial charge < -0.3 is 0 Å². The van der Waals surface area contributed by atoms with Gasteiger partial charge in [0, 0.05) is 22.7 Å². The summed E-state index contributed by atoms with van der Waals surface area (Å²) in [5.41, 5.74) is 3.30. The maximum absolute atomic E-state index is 12.2. The second kappa shape index (κ2) is 8.81. The van der Waals surface area contributed by atoms with Gasteiger partial charge in [-0.3, -0.25) is 19.2 Å². The zero-order chi connectivity index (χ0) is 20.9. The van der Waals surface area contributed by atoms with E-state index in [4.69, 9.17) is 11.6 Å². The Morgan fingerprint density at radius 3 is 2.64 bits per heavy atom. The smallest absolute Gasteiger partial charge is 0.270 e. The number of non-ortho nitro benzene ring substituents is 1. The number of carbonyl (C=O) groups excluding carboxylic acids is 1. The number of halogens is 1. The highest BCUT2D eigenvalue weighted by Crippen LogP contribution is 2.27. The number of anilines is 1. The number of nitro benzene ring substituents is 1. The molecule has 0 spiro atoms. The molecule has 0 atom stereocenters. The van der Waals surface area contributed by atoms with Gasteiger partial charge in [0.15, 0.2) is 0 Å². The van der Waals surface area contributed by atoms with Crippen molar-refractivity contribution >= 4 is 45.1 Å². The summed E-state index contributed by atoms with van der Waals surface area (Å²) in [4.78, 5) is 22.4. The van der Waals surface area contributed by atoms with Crippen LogP contribution in [0.2, 0.25) is 5.02 Å². The third kappa shape index (κ3) is 5.51. The minimum absolute atomic E-state index is 0.116. The first-order valence-corrected chi connectivity index (χ1v) is 10.1. The highest BCUT2D eigenvalue weighted by Gasteiger charge is 2.23. The average molecular weight is 425 g/mol. The number of hydrogen-bond donors (Lipinski definition) is 1. The average Bonchev–Trinajstić information content (AvgIpc) is 2.62. The summed E-state index contributed by atoms with van der Waals surface area (Å²) in [6.07, 6.45) is 2.20. The minimum atomic E-state index is -3.76. The normalized spacial score (nSPS) is 11.4. The van der Waals surface area contributed by atoms with Crippen molar-refractivity contribution in [2.75, 3.05) is 17.1 Å². The maximum Gasteiger partial charge on any atom is 0.270 e. The number of hydrogen-bond acceptors (Lipinski definition) is 6. The van der Waals surface area contributed by atoms with E-state index in [1.165, 1.54) is 24.4 Å². The number of hydrazone groups is 1. The topological polar surface area (TPSA) is 122 Å². The monoisotopic (exact) mass is 424 g/mol. The standard InChI is InChI=1S/C17H17ClN4O5S/c1-12-15(18)7-4-8-16(12)21(28(2,26)27)11-17(23)20-19-10-13-5-3-6-14(9-13)22(24)25/h3-10H,11H2,1-2H3,(H,20,23)/b19-10-. The van der Waals surface area contributed by atoms with Gasteiger partial charge in [0.25, 0.3) is 11.6 Å². The van der Waals surface area contributed by atoms with Gasteiger partial charge in [-0.25, -0.2) is 13.8 Å². The molecule has 0 bridgehead atoms. The van der Waals surface area contributed by atoms with Crippen LogP contribution in [0.4, 0.5) is 11.4 Å². The lowest BCUT2D eigenvalue weighted by molar-refractivity contribution is -0.384. The fourth-order valence-electron chi connectivity index (χ4n) is 2.31. The van der Waals surface area contributed by atoms with Crippen LogP contribution >= 0.6 is 11.6 Å². The van der Waals surface area contributed by atoms with E-state index in [1.807, 2.05) is 0 Å². The van der Waals surface area contributed by atoms with E-state index in [2.05, 4.69) is 10.5 Å². The summed E-state index contributed by atoms with van der Waals surface area (Å²) in [6, 6.07) is 10.4. The van der Waals surface area contributed by atoms with Crippen molar-refractivity contribution in [3.05, 3.63) is 68.7 Å². The lowest BCUT2D eigenvalue weighted by atomic mass is 10.2. The van der Waals surface area contributed by atoms with Crippen LogP contribution in [0.1, 0.15) is 11.1 Å². The lowest BCUT2D eigenvalue weighted by Crippen LogP contribution is -2.39. The predicted octanol–water partition coefficient (Wildman–Crippen LogP) is 2.47. The summed E-state index contributed by atoms with van der Waals surface area (Å²) < 4.78 is 25.2. The van der Waals surface area contributed by atoms with Crippen LogP contribution in [0.15, 0.2) is 47.6 Å². The molecule has 2 aromatic carbocycles. The lowest BCUT2D eigenvalue weighted by Gasteiger charge is -2.23. The quantitative estimate of drug-likeness (QED) is 0.415. The van der Waals surface area contributed by atoms with Gasteiger partial charge in [0.2, 0.25) is 10.0 Å². The first-order chi connectivity index (χ1) is 13.1. The Kier molecular flexibility index (Phi) is 6.71. The van der Waals surface area contributed by atoms with Crippen LogP contribution in [-0.2, 0) is 14.8 Å². The van der Waals surface area contributed by atoms with Crippen LogP contribution in [-0.4, -0.2) is 38.3 Å². The first kappa shape index (κ1) is 21.3. The fourth-order valence-corrected chi connectivity index (χ4v) is 3.39. The molecule has 0 fully saturated rings. The SMILES string of the molecule is Cc1c(Cl)cccc1N(CC(=O)N/N=C\c1cccc([N+](=O)[O-])c1)S(C)(=O)=O. The van der Waals surface area contributed by atoms with Gasteiger partial charge in [-0.15, -0.1) is 0 Å². The van der Waals surface area contributed by atoms with E-state index < -0.39 is 27.4 Å². The van der Waals surface area contributed by atoms with Crippen molar-refractivity contribution in [3.8, 4) is 0 Å². The summed E-state index contributed by atoms with van der Waals surface area (Å²) in [5, 5.41) is 14.8. The molecule has 0 unspecified atom stereocenters. The number of rotatable bonds is 7. The van der Waals surface area contributed by atoms with Crippen LogP contribution < -0.4 is 9.73 Å². The van der Waals surface area contributed by atoms with E-state index in [-0.39, 0.29) is 11.4 Å². The fraction of sp³-hybridized carbons (Fsp3) is 0.176. The predicted molar refractivity (Wildman–Crippen MR) is 107 cm³/mol. The Labute approximate surface area is 166 Å². The molecule has 1 N–H and O–H groups in total. The van der Waals surface area contributed by atoms with Gasteiger partial charge >= 0.3 is 0 Å². The molecule has 0 aliphatic carbocycles. The van der Waals surface area contributed by atoms with Crippen LogP contribution in [0.5, 0.6) is 0 Å².